The SMILES string of the molecule is COc1ccc(C=[NH+]N=C(N)N[N+](=O)[O-])c(OC)c1. The first-order chi connectivity index (χ1) is 9.06. The molecule has 1 aromatic carbocycles. The molecule has 1 rings (SSSR count). The Bertz CT molecular complexity index is 515. The molecule has 1 aromatic rings. The number of nitrogens with two attached hydrogens (primary N) is 1. The van der Waals surface area contributed by atoms with E-state index in [4.69, 9.17) is 15.2 Å². The van der Waals surface area contributed by atoms with Crippen LogP contribution in [0.15, 0.2) is 23.3 Å². The zero-order valence-electron chi connectivity index (χ0n) is 10.4. The lowest BCUT2D eigenvalue weighted by atomic mass is 10.2. The summed E-state index contributed by atoms with van der Waals surface area (Å²) in [5, 5.41) is 15.3. The zero-order valence-corrected chi connectivity index (χ0v) is 10.4. The molecule has 9 nitrogen and oxygen atoms in total. The summed E-state index contributed by atoms with van der Waals surface area (Å²) in [6.45, 7) is 0. The Hall–Kier alpha value is -2.84. The molecule has 0 saturated heterocycles. The van der Waals surface area contributed by atoms with Gasteiger partial charge in [-0.2, -0.15) is 0 Å². The first kappa shape index (κ1) is 14.2. The van der Waals surface area contributed by atoms with E-state index in [0.29, 0.717) is 17.1 Å². The molecule has 0 aliphatic heterocycles. The summed E-state index contributed by atoms with van der Waals surface area (Å²) >= 11 is 0. The summed E-state index contributed by atoms with van der Waals surface area (Å²) in [6.07, 6.45) is 1.48. The maximum Gasteiger partial charge on any atom is 0.319 e. The minimum atomic E-state index is -0.811. The number of rotatable bonds is 5. The van der Waals surface area contributed by atoms with E-state index in [2.05, 4.69) is 10.2 Å². The van der Waals surface area contributed by atoms with E-state index in [9.17, 15) is 10.1 Å². The number of hydrazone groups is 1. The molecule has 0 bridgehead atoms. The van der Waals surface area contributed by atoms with Gasteiger partial charge in [0, 0.05) is 11.2 Å². The van der Waals surface area contributed by atoms with Crippen molar-refractivity contribution in [3.8, 4) is 11.5 Å². The topological polar surface area (TPSA) is 126 Å². The number of nitrogens with zero attached hydrogens (tertiary/aromatic N) is 2. The highest BCUT2D eigenvalue weighted by Crippen LogP contribution is 2.22. The summed E-state index contributed by atoms with van der Waals surface area (Å²) in [5.74, 6) is 0.837. The largest absolute Gasteiger partial charge is 0.497 e. The Labute approximate surface area is 108 Å². The second kappa shape index (κ2) is 6.79. The number of hydrogen-bond acceptors (Lipinski definition) is 5. The van der Waals surface area contributed by atoms with Crippen molar-refractivity contribution in [2.24, 2.45) is 10.8 Å². The molecule has 9 heteroatoms. The van der Waals surface area contributed by atoms with Gasteiger partial charge in [0.2, 0.25) is 6.21 Å². The van der Waals surface area contributed by atoms with E-state index in [-0.39, 0.29) is 5.96 Å². The van der Waals surface area contributed by atoms with Crippen molar-refractivity contribution < 1.29 is 19.6 Å². The highest BCUT2D eigenvalue weighted by Gasteiger charge is 2.05. The quantitative estimate of drug-likeness (QED) is 0.251. The summed E-state index contributed by atoms with van der Waals surface area (Å²) in [7, 11) is 3.06. The van der Waals surface area contributed by atoms with Crippen molar-refractivity contribution >= 4 is 12.2 Å². The first-order valence-corrected chi connectivity index (χ1v) is 5.11. The molecule has 0 radical (unpaired) electrons. The second-order valence-corrected chi connectivity index (χ2v) is 3.25. The predicted octanol–water partition coefficient (Wildman–Crippen LogP) is -1.79. The van der Waals surface area contributed by atoms with Crippen LogP contribution in [0.5, 0.6) is 11.5 Å². The summed E-state index contributed by atoms with van der Waals surface area (Å²) in [4.78, 5) is 10.1. The van der Waals surface area contributed by atoms with Crippen LogP contribution in [0.2, 0.25) is 0 Å². The van der Waals surface area contributed by atoms with E-state index >= 15 is 0 Å². The molecular formula is C10H14N5O4+. The highest BCUT2D eigenvalue weighted by atomic mass is 16.7. The van der Waals surface area contributed by atoms with Crippen molar-refractivity contribution in [2.75, 3.05) is 14.2 Å². The Balaban J connectivity index is 2.84. The maximum atomic E-state index is 10.1. The van der Waals surface area contributed by atoms with E-state index in [0.717, 1.165) is 0 Å². The third-order valence-corrected chi connectivity index (χ3v) is 2.05. The monoisotopic (exact) mass is 268 g/mol. The molecule has 0 aliphatic carbocycles. The number of nitrogens with one attached hydrogen (secondary N) is 2. The van der Waals surface area contributed by atoms with Gasteiger partial charge < -0.3 is 15.2 Å². The van der Waals surface area contributed by atoms with Gasteiger partial charge in [-0.3, -0.25) is 0 Å². The van der Waals surface area contributed by atoms with Gasteiger partial charge in [0.1, 0.15) is 11.5 Å². The summed E-state index contributed by atoms with van der Waals surface area (Å²) < 4.78 is 10.2. The van der Waals surface area contributed by atoms with Gasteiger partial charge in [-0.05, 0) is 12.1 Å². The Morgan fingerprint density at radius 1 is 1.53 bits per heavy atom. The normalized spacial score (nSPS) is 11.4. The molecule has 0 amide bonds. The van der Waals surface area contributed by atoms with Crippen LogP contribution in [0.25, 0.3) is 0 Å². The van der Waals surface area contributed by atoms with E-state index < -0.39 is 5.03 Å². The van der Waals surface area contributed by atoms with Crippen molar-refractivity contribution in [2.45, 2.75) is 0 Å². The highest BCUT2D eigenvalue weighted by molar-refractivity contribution is 5.80. The van der Waals surface area contributed by atoms with E-state index in [1.165, 1.54) is 13.3 Å². The number of methoxy groups -OCH3 is 2. The smallest absolute Gasteiger partial charge is 0.319 e. The van der Waals surface area contributed by atoms with Gasteiger partial charge in [0.05, 0.1) is 19.8 Å². The Morgan fingerprint density at radius 2 is 2.26 bits per heavy atom. The van der Waals surface area contributed by atoms with Crippen molar-refractivity contribution in [1.29, 1.82) is 0 Å². The molecule has 0 fully saturated rings. The third-order valence-electron chi connectivity index (χ3n) is 2.05. The fourth-order valence-electron chi connectivity index (χ4n) is 1.23. The molecule has 0 unspecified atom stereocenters. The van der Waals surface area contributed by atoms with Gasteiger partial charge in [-0.1, -0.05) is 5.43 Å². The van der Waals surface area contributed by atoms with Gasteiger partial charge in [-0.25, -0.2) is 10.1 Å². The minimum absolute atomic E-state index is 0.367. The lowest BCUT2D eigenvalue weighted by molar-refractivity contribution is -0.528. The minimum Gasteiger partial charge on any atom is -0.497 e. The van der Waals surface area contributed by atoms with Crippen LogP contribution in [0.3, 0.4) is 0 Å². The van der Waals surface area contributed by atoms with Gasteiger partial charge in [0.25, 0.3) is 0 Å². The second-order valence-electron chi connectivity index (χ2n) is 3.25. The van der Waals surface area contributed by atoms with Gasteiger partial charge in [-0.15, -0.1) is 5.10 Å². The molecule has 19 heavy (non-hydrogen) atoms. The van der Waals surface area contributed by atoms with Crippen molar-refractivity contribution in [3.63, 3.8) is 0 Å². The molecular weight excluding hydrogens is 254 g/mol. The van der Waals surface area contributed by atoms with Gasteiger partial charge >= 0.3 is 5.96 Å². The average Bonchev–Trinajstić information content (AvgIpc) is 2.38. The Morgan fingerprint density at radius 3 is 2.84 bits per heavy atom. The van der Waals surface area contributed by atoms with Crippen LogP contribution in [0.1, 0.15) is 5.56 Å². The molecule has 0 aliphatic rings. The summed E-state index contributed by atoms with van der Waals surface area (Å²) in [6, 6.07) is 5.16. The molecule has 0 heterocycles. The lowest BCUT2D eigenvalue weighted by Gasteiger charge is -2.04. The van der Waals surface area contributed by atoms with Crippen LogP contribution in [0.4, 0.5) is 0 Å². The fourth-order valence-corrected chi connectivity index (χ4v) is 1.23. The van der Waals surface area contributed by atoms with Crippen LogP contribution >= 0.6 is 0 Å². The number of hydrogen-bond donors (Lipinski definition) is 3. The van der Waals surface area contributed by atoms with Crippen molar-refractivity contribution in [3.05, 3.63) is 33.9 Å². The number of hydrazine groups is 1. The maximum absolute atomic E-state index is 10.1. The fraction of sp³-hybridized carbons (Fsp3) is 0.200. The first-order valence-electron chi connectivity index (χ1n) is 5.11. The number of guanidine groups is 1. The van der Waals surface area contributed by atoms with Crippen LogP contribution < -0.4 is 25.7 Å². The summed E-state index contributed by atoms with van der Waals surface area (Å²) in [5.41, 5.74) is 7.59. The lowest BCUT2D eigenvalue weighted by Crippen LogP contribution is -2.64. The standard InChI is InChI=1S/C10H13N5O4/c1-18-8-4-3-7(9(5-8)19-2)6-12-13-10(11)14-15(16)17/h3-6H,1-2H3,(H3,11,13,14)/p+1. The Kier molecular flexibility index (Phi) is 5.08. The van der Waals surface area contributed by atoms with Crippen LogP contribution in [-0.2, 0) is 0 Å². The molecule has 4 N–H and O–H groups in total. The predicted molar refractivity (Wildman–Crippen MR) is 67.4 cm³/mol. The van der Waals surface area contributed by atoms with E-state index in [1.54, 1.807) is 30.7 Å². The molecule has 102 valence electrons. The molecule has 0 spiro atoms. The number of ether oxygens (including phenoxy) is 2. The van der Waals surface area contributed by atoms with E-state index in [1.807, 2.05) is 0 Å². The van der Waals surface area contributed by atoms with Crippen molar-refractivity contribution in [1.82, 2.24) is 5.43 Å². The molecule has 0 aromatic heterocycles. The molecule has 0 atom stereocenters. The average molecular weight is 268 g/mol. The molecule has 0 saturated carbocycles. The third kappa shape index (κ3) is 4.50. The van der Waals surface area contributed by atoms with Crippen LogP contribution in [-0.4, -0.2) is 31.4 Å². The number of nitro groups is 1. The number of benzene rings is 1. The van der Waals surface area contributed by atoms with Gasteiger partial charge in [0.15, 0.2) is 5.03 Å². The van der Waals surface area contributed by atoms with Crippen LogP contribution in [0, 0.1) is 10.1 Å². The zero-order chi connectivity index (χ0) is 14.3.